The molecule has 3 rings (SSSR count). The normalized spacial score (nSPS) is 16.6. The van der Waals surface area contributed by atoms with Crippen LogP contribution in [-0.4, -0.2) is 34.0 Å². The molecule has 126 valence electrons. The minimum absolute atomic E-state index is 0.120. The van der Waals surface area contributed by atoms with Crippen LogP contribution >= 0.6 is 0 Å². The zero-order chi connectivity index (χ0) is 16.9. The summed E-state index contributed by atoms with van der Waals surface area (Å²) >= 11 is 0. The Balaban J connectivity index is 1.51. The smallest absolute Gasteiger partial charge is 0.264 e. The van der Waals surface area contributed by atoms with E-state index in [1.807, 2.05) is 48.9 Å². The predicted octanol–water partition coefficient (Wildman–Crippen LogP) is 2.06. The van der Waals surface area contributed by atoms with Crippen LogP contribution in [0.1, 0.15) is 30.2 Å². The number of rotatable bonds is 6. The molecule has 0 unspecified atom stereocenters. The van der Waals surface area contributed by atoms with Gasteiger partial charge in [-0.1, -0.05) is 35.5 Å². The highest BCUT2D eigenvalue weighted by atomic mass is 16.6. The zero-order valence-corrected chi connectivity index (χ0v) is 14.0. The average molecular weight is 326 g/mol. The van der Waals surface area contributed by atoms with Gasteiger partial charge in [0, 0.05) is 30.8 Å². The molecule has 0 saturated heterocycles. The molecule has 6 nitrogen and oxygen atoms in total. The van der Waals surface area contributed by atoms with Crippen LogP contribution in [0.2, 0.25) is 0 Å². The van der Waals surface area contributed by atoms with Gasteiger partial charge in [-0.2, -0.15) is 5.10 Å². The summed E-state index contributed by atoms with van der Waals surface area (Å²) < 4.78 is 1.91. The van der Waals surface area contributed by atoms with Crippen molar-refractivity contribution in [3.8, 4) is 0 Å². The Morgan fingerprint density at radius 3 is 2.88 bits per heavy atom. The molecular formula is C18H22N4O2. The summed E-state index contributed by atoms with van der Waals surface area (Å²) in [5.41, 5.74) is 3.99. The molecule has 24 heavy (non-hydrogen) atoms. The van der Waals surface area contributed by atoms with E-state index in [1.54, 1.807) is 6.20 Å². The standard InChI is InChI=1S/C18H22N4O2/c1-3-22-13(2)15(12-20-22)16-11-17(24-21-16)18(23)19-10-9-14-7-5-4-6-8-14/h4-8,12,17H,3,9-11H2,1-2H3,(H,19,23)/t17-/m0/s1. The monoisotopic (exact) mass is 326 g/mol. The summed E-state index contributed by atoms with van der Waals surface area (Å²) in [4.78, 5) is 17.5. The highest BCUT2D eigenvalue weighted by Gasteiger charge is 2.30. The number of carbonyl (C=O) groups is 1. The molecule has 6 heteroatoms. The second kappa shape index (κ2) is 7.29. The summed E-state index contributed by atoms with van der Waals surface area (Å²) in [6, 6.07) is 10.1. The lowest BCUT2D eigenvalue weighted by Crippen LogP contribution is -2.36. The molecule has 0 saturated carbocycles. The maximum Gasteiger partial charge on any atom is 0.264 e. The highest BCUT2D eigenvalue weighted by molar-refractivity contribution is 6.04. The number of hydrogen-bond donors (Lipinski definition) is 1. The number of hydrogen-bond acceptors (Lipinski definition) is 4. The molecule has 0 fully saturated rings. The lowest BCUT2D eigenvalue weighted by atomic mass is 10.1. The number of aryl methyl sites for hydroxylation is 1. The molecule has 2 heterocycles. The molecule has 1 atom stereocenters. The minimum Gasteiger partial charge on any atom is -0.382 e. The summed E-state index contributed by atoms with van der Waals surface area (Å²) in [5.74, 6) is -0.120. The van der Waals surface area contributed by atoms with Crippen LogP contribution in [0, 0.1) is 6.92 Å². The van der Waals surface area contributed by atoms with E-state index in [-0.39, 0.29) is 5.91 Å². The Morgan fingerprint density at radius 2 is 2.17 bits per heavy atom. The van der Waals surface area contributed by atoms with Gasteiger partial charge in [0.15, 0.2) is 0 Å². The van der Waals surface area contributed by atoms with Crippen LogP contribution in [0.4, 0.5) is 0 Å². The Labute approximate surface area is 141 Å². The number of carbonyl (C=O) groups excluding carboxylic acids is 1. The van der Waals surface area contributed by atoms with Gasteiger partial charge in [-0.3, -0.25) is 9.48 Å². The largest absolute Gasteiger partial charge is 0.382 e. The minimum atomic E-state index is -0.555. The van der Waals surface area contributed by atoms with E-state index in [2.05, 4.69) is 15.6 Å². The predicted molar refractivity (Wildman–Crippen MR) is 91.8 cm³/mol. The van der Waals surface area contributed by atoms with Crippen molar-refractivity contribution in [2.45, 2.75) is 39.3 Å². The zero-order valence-electron chi connectivity index (χ0n) is 14.0. The van der Waals surface area contributed by atoms with Crippen molar-refractivity contribution >= 4 is 11.6 Å². The average Bonchev–Trinajstić information content (AvgIpc) is 3.22. The number of benzene rings is 1. The van der Waals surface area contributed by atoms with Crippen LogP contribution < -0.4 is 5.32 Å². The molecule has 1 aliphatic rings. The van der Waals surface area contributed by atoms with Gasteiger partial charge < -0.3 is 10.2 Å². The van der Waals surface area contributed by atoms with Gasteiger partial charge in [0.1, 0.15) is 0 Å². The van der Waals surface area contributed by atoms with Crippen molar-refractivity contribution in [2.75, 3.05) is 6.54 Å². The van der Waals surface area contributed by atoms with Crippen molar-refractivity contribution < 1.29 is 9.63 Å². The third-order valence-corrected chi connectivity index (χ3v) is 4.23. The van der Waals surface area contributed by atoms with Crippen molar-refractivity contribution in [1.29, 1.82) is 0 Å². The van der Waals surface area contributed by atoms with Crippen LogP contribution in [0.5, 0.6) is 0 Å². The van der Waals surface area contributed by atoms with Crippen molar-refractivity contribution in [3.63, 3.8) is 0 Å². The van der Waals surface area contributed by atoms with Gasteiger partial charge in [-0.25, -0.2) is 0 Å². The fourth-order valence-corrected chi connectivity index (χ4v) is 2.81. The third-order valence-electron chi connectivity index (χ3n) is 4.23. The topological polar surface area (TPSA) is 68.5 Å². The van der Waals surface area contributed by atoms with Gasteiger partial charge in [0.05, 0.1) is 11.9 Å². The highest BCUT2D eigenvalue weighted by Crippen LogP contribution is 2.19. The van der Waals surface area contributed by atoms with E-state index < -0.39 is 6.10 Å². The van der Waals surface area contributed by atoms with Gasteiger partial charge in [-0.05, 0) is 25.8 Å². The first-order valence-electron chi connectivity index (χ1n) is 8.26. The first-order chi connectivity index (χ1) is 11.7. The Morgan fingerprint density at radius 1 is 1.38 bits per heavy atom. The molecule has 1 N–H and O–H groups in total. The number of aromatic nitrogens is 2. The number of nitrogens with zero attached hydrogens (tertiary/aromatic N) is 3. The van der Waals surface area contributed by atoms with Crippen molar-refractivity contribution in [3.05, 3.63) is 53.3 Å². The van der Waals surface area contributed by atoms with Crippen LogP contribution in [0.3, 0.4) is 0 Å². The second-order valence-corrected chi connectivity index (χ2v) is 5.82. The second-order valence-electron chi connectivity index (χ2n) is 5.82. The molecular weight excluding hydrogens is 304 g/mol. The van der Waals surface area contributed by atoms with Gasteiger partial charge in [0.25, 0.3) is 5.91 Å². The van der Waals surface area contributed by atoms with Crippen molar-refractivity contribution in [1.82, 2.24) is 15.1 Å². The van der Waals surface area contributed by atoms with E-state index >= 15 is 0 Å². The van der Waals surface area contributed by atoms with E-state index in [0.717, 1.165) is 29.9 Å². The van der Waals surface area contributed by atoms with Crippen LogP contribution in [0.15, 0.2) is 41.7 Å². The molecule has 0 aliphatic carbocycles. The molecule has 0 radical (unpaired) electrons. The number of oxime groups is 1. The number of nitrogens with one attached hydrogen (secondary N) is 1. The first kappa shape index (κ1) is 16.2. The lowest BCUT2D eigenvalue weighted by Gasteiger charge is -2.09. The third kappa shape index (κ3) is 3.48. The molecule has 1 aromatic carbocycles. The van der Waals surface area contributed by atoms with E-state index in [1.165, 1.54) is 5.56 Å². The first-order valence-corrected chi connectivity index (χ1v) is 8.26. The SMILES string of the molecule is CCn1ncc(C2=NO[C@H](C(=O)NCCc3ccccc3)C2)c1C. The maximum absolute atomic E-state index is 12.2. The number of amides is 1. The Bertz CT molecular complexity index is 737. The Hall–Kier alpha value is -2.63. The molecule has 1 aliphatic heterocycles. The summed E-state index contributed by atoms with van der Waals surface area (Å²) in [7, 11) is 0. The summed E-state index contributed by atoms with van der Waals surface area (Å²) in [5, 5.41) is 11.3. The molecule has 1 amide bonds. The van der Waals surface area contributed by atoms with E-state index in [0.29, 0.717) is 13.0 Å². The quantitative estimate of drug-likeness (QED) is 0.883. The fourth-order valence-electron chi connectivity index (χ4n) is 2.81. The van der Waals surface area contributed by atoms with Crippen LogP contribution in [0.25, 0.3) is 0 Å². The molecule has 0 spiro atoms. The van der Waals surface area contributed by atoms with E-state index in [4.69, 9.17) is 4.84 Å². The molecule has 0 bridgehead atoms. The maximum atomic E-state index is 12.2. The summed E-state index contributed by atoms with van der Waals surface area (Å²) in [6.07, 6.45) is 2.51. The van der Waals surface area contributed by atoms with Crippen LogP contribution in [-0.2, 0) is 22.6 Å². The van der Waals surface area contributed by atoms with E-state index in [9.17, 15) is 4.79 Å². The lowest BCUT2D eigenvalue weighted by molar-refractivity contribution is -0.131. The van der Waals surface area contributed by atoms with Gasteiger partial charge in [-0.15, -0.1) is 0 Å². The summed E-state index contributed by atoms with van der Waals surface area (Å²) in [6.45, 7) is 5.44. The van der Waals surface area contributed by atoms with Gasteiger partial charge in [0.2, 0.25) is 6.10 Å². The Kier molecular flexibility index (Phi) is 4.93. The fraction of sp³-hybridized carbons (Fsp3) is 0.389. The molecule has 2 aromatic rings. The molecule has 1 aromatic heterocycles. The van der Waals surface area contributed by atoms with Crippen molar-refractivity contribution in [2.24, 2.45) is 5.16 Å². The van der Waals surface area contributed by atoms with Gasteiger partial charge >= 0.3 is 0 Å².